The molecule has 24 heavy (non-hydrogen) atoms. The van der Waals surface area contributed by atoms with Crippen molar-refractivity contribution in [2.45, 2.75) is 13.1 Å². The van der Waals surface area contributed by atoms with E-state index in [2.05, 4.69) is 15.6 Å². The number of nitrogens with two attached hydrogens (primary N) is 1. The average molecular weight is 459 g/mol. The number of carbonyl (C=O) groups excluding carboxylic acids is 1. The number of hydrogen-bond donors (Lipinski definition) is 3. The number of halogens is 2. The molecule has 0 bridgehead atoms. The zero-order valence-electron chi connectivity index (χ0n) is 13.3. The molecule has 4 N–H and O–H groups in total. The Labute approximate surface area is 163 Å². The second-order valence-electron chi connectivity index (χ2n) is 4.97. The van der Waals surface area contributed by atoms with Crippen molar-refractivity contribution in [3.63, 3.8) is 0 Å². The second kappa shape index (κ2) is 10.1. The van der Waals surface area contributed by atoms with Crippen LogP contribution in [0.2, 0.25) is 5.02 Å². The number of hydrogen-bond acceptors (Lipinski definition) is 2. The lowest BCUT2D eigenvalue weighted by atomic mass is 10.1. The third-order valence-electron chi connectivity index (χ3n) is 3.30. The van der Waals surface area contributed by atoms with Crippen LogP contribution < -0.4 is 16.4 Å². The van der Waals surface area contributed by atoms with Gasteiger partial charge < -0.3 is 16.4 Å². The maximum Gasteiger partial charge on any atom is 0.248 e. The van der Waals surface area contributed by atoms with Crippen molar-refractivity contribution >= 4 is 47.4 Å². The van der Waals surface area contributed by atoms with Gasteiger partial charge in [-0.05, 0) is 35.4 Å². The fraction of sp³-hybridized carbons (Fsp3) is 0.176. The lowest BCUT2D eigenvalue weighted by molar-refractivity contribution is 0.100. The lowest BCUT2D eigenvalue weighted by Crippen LogP contribution is -2.36. The van der Waals surface area contributed by atoms with Crippen molar-refractivity contribution in [2.24, 2.45) is 10.7 Å². The summed E-state index contributed by atoms with van der Waals surface area (Å²) in [6.07, 6.45) is 0. The first kappa shape index (κ1) is 20.2. The molecule has 0 aliphatic carbocycles. The second-order valence-corrected chi connectivity index (χ2v) is 5.40. The molecular weight excluding hydrogens is 439 g/mol. The molecule has 2 aromatic rings. The monoisotopic (exact) mass is 458 g/mol. The molecule has 0 saturated carbocycles. The molecule has 0 aromatic heterocycles. The highest BCUT2D eigenvalue weighted by molar-refractivity contribution is 14.0. The van der Waals surface area contributed by atoms with E-state index in [-0.39, 0.29) is 24.0 Å². The SMILES string of the molecule is CN=C(NCc1ccc(Cl)cc1)NCc1ccc(C(N)=O)cc1.I. The summed E-state index contributed by atoms with van der Waals surface area (Å²) >= 11 is 5.86. The van der Waals surface area contributed by atoms with Crippen molar-refractivity contribution in [3.8, 4) is 0 Å². The number of nitrogens with zero attached hydrogens (tertiary/aromatic N) is 1. The summed E-state index contributed by atoms with van der Waals surface area (Å²) in [6.45, 7) is 1.25. The number of amides is 1. The van der Waals surface area contributed by atoms with Crippen molar-refractivity contribution in [1.82, 2.24) is 10.6 Å². The van der Waals surface area contributed by atoms with Gasteiger partial charge in [0.1, 0.15) is 0 Å². The topological polar surface area (TPSA) is 79.5 Å². The highest BCUT2D eigenvalue weighted by Gasteiger charge is 2.02. The number of nitrogens with one attached hydrogen (secondary N) is 2. The van der Waals surface area contributed by atoms with Crippen LogP contribution in [0.5, 0.6) is 0 Å². The Morgan fingerprint density at radius 2 is 1.46 bits per heavy atom. The number of rotatable bonds is 5. The van der Waals surface area contributed by atoms with E-state index in [0.717, 1.165) is 16.1 Å². The predicted octanol–water partition coefficient (Wildman–Crippen LogP) is 2.92. The number of benzene rings is 2. The number of carbonyl (C=O) groups is 1. The third kappa shape index (κ3) is 6.37. The molecule has 0 unspecified atom stereocenters. The molecule has 0 fully saturated rings. The molecule has 0 aliphatic heterocycles. The van der Waals surface area contributed by atoms with Gasteiger partial charge in [0, 0.05) is 30.7 Å². The summed E-state index contributed by atoms with van der Waals surface area (Å²) in [4.78, 5) is 15.2. The average Bonchev–Trinajstić information content (AvgIpc) is 2.57. The standard InChI is InChI=1S/C17H19ClN4O.HI/c1-20-17(22-11-13-4-8-15(18)9-5-13)21-10-12-2-6-14(7-3-12)16(19)23;/h2-9H,10-11H2,1H3,(H2,19,23)(H2,20,21,22);1H. The van der Waals surface area contributed by atoms with Gasteiger partial charge in [-0.2, -0.15) is 0 Å². The van der Waals surface area contributed by atoms with E-state index in [1.807, 2.05) is 36.4 Å². The molecule has 0 radical (unpaired) electrons. The van der Waals surface area contributed by atoms with Gasteiger partial charge in [-0.15, -0.1) is 24.0 Å². The molecule has 0 heterocycles. The van der Waals surface area contributed by atoms with Gasteiger partial charge in [-0.3, -0.25) is 9.79 Å². The van der Waals surface area contributed by atoms with Crippen LogP contribution in [0, 0.1) is 0 Å². The number of primary amides is 1. The molecule has 1 amide bonds. The molecule has 5 nitrogen and oxygen atoms in total. The lowest BCUT2D eigenvalue weighted by Gasteiger charge is -2.12. The summed E-state index contributed by atoms with van der Waals surface area (Å²) in [5.74, 6) is 0.267. The minimum absolute atomic E-state index is 0. The maximum atomic E-state index is 11.0. The Kier molecular flexibility index (Phi) is 8.56. The first-order chi connectivity index (χ1) is 11.1. The molecule has 0 aliphatic rings. The van der Waals surface area contributed by atoms with E-state index in [0.29, 0.717) is 24.6 Å². The Balaban J connectivity index is 0.00000288. The van der Waals surface area contributed by atoms with E-state index in [9.17, 15) is 4.79 Å². The smallest absolute Gasteiger partial charge is 0.248 e. The quantitative estimate of drug-likeness (QED) is 0.366. The highest BCUT2D eigenvalue weighted by Crippen LogP contribution is 2.09. The Hall–Kier alpha value is -1.80. The van der Waals surface area contributed by atoms with Crippen LogP contribution in [0.3, 0.4) is 0 Å². The van der Waals surface area contributed by atoms with Crippen molar-refractivity contribution in [1.29, 1.82) is 0 Å². The molecular formula is C17H20ClIN4O. The van der Waals surface area contributed by atoms with E-state index < -0.39 is 5.91 Å². The largest absolute Gasteiger partial charge is 0.366 e. The summed E-state index contributed by atoms with van der Waals surface area (Å²) < 4.78 is 0. The van der Waals surface area contributed by atoms with Crippen LogP contribution in [0.4, 0.5) is 0 Å². The van der Waals surface area contributed by atoms with Crippen LogP contribution >= 0.6 is 35.6 Å². The van der Waals surface area contributed by atoms with Gasteiger partial charge in [0.15, 0.2) is 5.96 Å². The number of guanidine groups is 1. The number of aliphatic imine (C=N–C) groups is 1. The van der Waals surface area contributed by atoms with E-state index in [4.69, 9.17) is 17.3 Å². The van der Waals surface area contributed by atoms with Crippen LogP contribution in [-0.4, -0.2) is 18.9 Å². The summed E-state index contributed by atoms with van der Waals surface area (Å²) in [7, 11) is 1.72. The minimum atomic E-state index is -0.426. The van der Waals surface area contributed by atoms with Crippen LogP contribution in [0.1, 0.15) is 21.5 Å². The van der Waals surface area contributed by atoms with E-state index in [1.165, 1.54) is 0 Å². The van der Waals surface area contributed by atoms with Crippen LogP contribution in [0.25, 0.3) is 0 Å². The van der Waals surface area contributed by atoms with Gasteiger partial charge >= 0.3 is 0 Å². The normalized spacial score (nSPS) is 10.7. The molecule has 2 aromatic carbocycles. The van der Waals surface area contributed by atoms with E-state index >= 15 is 0 Å². The van der Waals surface area contributed by atoms with Gasteiger partial charge in [-0.1, -0.05) is 35.9 Å². The minimum Gasteiger partial charge on any atom is -0.366 e. The summed E-state index contributed by atoms with van der Waals surface area (Å²) in [5, 5.41) is 7.16. The van der Waals surface area contributed by atoms with Gasteiger partial charge in [-0.25, -0.2) is 0 Å². The van der Waals surface area contributed by atoms with Gasteiger partial charge in [0.25, 0.3) is 0 Å². The first-order valence-electron chi connectivity index (χ1n) is 7.16. The highest BCUT2D eigenvalue weighted by atomic mass is 127. The Morgan fingerprint density at radius 3 is 1.88 bits per heavy atom. The van der Waals surface area contributed by atoms with Gasteiger partial charge in [0.05, 0.1) is 0 Å². The zero-order chi connectivity index (χ0) is 16.7. The summed E-state index contributed by atoms with van der Waals surface area (Å²) in [5.41, 5.74) is 7.86. The molecule has 2 rings (SSSR count). The molecule has 128 valence electrons. The fourth-order valence-corrected chi connectivity index (χ4v) is 2.11. The molecule has 0 atom stereocenters. The molecule has 0 spiro atoms. The Bertz CT molecular complexity index is 687. The predicted molar refractivity (Wildman–Crippen MR) is 109 cm³/mol. The zero-order valence-corrected chi connectivity index (χ0v) is 16.3. The summed E-state index contributed by atoms with van der Waals surface area (Å²) in [6, 6.07) is 14.8. The van der Waals surface area contributed by atoms with Crippen molar-refractivity contribution < 1.29 is 4.79 Å². The fourth-order valence-electron chi connectivity index (χ4n) is 1.98. The Morgan fingerprint density at radius 1 is 1.00 bits per heavy atom. The van der Waals surface area contributed by atoms with Crippen LogP contribution in [0.15, 0.2) is 53.5 Å². The van der Waals surface area contributed by atoms with Crippen LogP contribution in [-0.2, 0) is 13.1 Å². The first-order valence-corrected chi connectivity index (χ1v) is 7.54. The van der Waals surface area contributed by atoms with Crippen molar-refractivity contribution in [2.75, 3.05) is 7.05 Å². The van der Waals surface area contributed by atoms with Crippen molar-refractivity contribution in [3.05, 3.63) is 70.2 Å². The third-order valence-corrected chi connectivity index (χ3v) is 3.55. The maximum absolute atomic E-state index is 11.0. The van der Waals surface area contributed by atoms with Gasteiger partial charge in [0.2, 0.25) is 5.91 Å². The molecule has 0 saturated heterocycles. The van der Waals surface area contributed by atoms with E-state index in [1.54, 1.807) is 19.2 Å². The molecule has 7 heteroatoms.